The molecule has 1 saturated carbocycles. The third kappa shape index (κ3) is 2.78. The molecule has 0 bridgehead atoms. The van der Waals surface area contributed by atoms with Crippen LogP contribution in [-0.4, -0.2) is 15.8 Å². The summed E-state index contributed by atoms with van der Waals surface area (Å²) >= 11 is 0. The number of nitrogens with one attached hydrogen (secondary N) is 1. The van der Waals surface area contributed by atoms with E-state index in [-0.39, 0.29) is 0 Å². The molecule has 1 fully saturated rings. The fourth-order valence-corrected chi connectivity index (χ4v) is 4.64. The molecule has 1 aromatic rings. The first kappa shape index (κ1) is 14.1. The molecule has 3 unspecified atom stereocenters. The highest BCUT2D eigenvalue weighted by atomic mass is 15.3. The Morgan fingerprint density at radius 2 is 2.15 bits per heavy atom. The third-order valence-corrected chi connectivity index (χ3v) is 5.20. The molecule has 0 aromatic carbocycles. The highest BCUT2D eigenvalue weighted by molar-refractivity contribution is 5.24. The molecule has 1 aromatic heterocycles. The lowest BCUT2D eigenvalue weighted by Crippen LogP contribution is -2.42. The van der Waals surface area contributed by atoms with Crippen LogP contribution in [0.1, 0.15) is 70.2 Å². The smallest absolute Gasteiger partial charge is 0.0540 e. The minimum atomic E-state index is 0.488. The minimum absolute atomic E-state index is 0.488. The highest BCUT2D eigenvalue weighted by Crippen LogP contribution is 2.40. The van der Waals surface area contributed by atoms with Crippen LogP contribution in [0.3, 0.4) is 0 Å². The van der Waals surface area contributed by atoms with E-state index in [1.165, 1.54) is 49.8 Å². The van der Waals surface area contributed by atoms with Gasteiger partial charge >= 0.3 is 0 Å². The fraction of sp³-hybridized carbons (Fsp3) is 0.824. The van der Waals surface area contributed by atoms with E-state index in [4.69, 9.17) is 0 Å². The molecule has 0 amide bonds. The number of aromatic nitrogens is 2. The van der Waals surface area contributed by atoms with Crippen LogP contribution in [0, 0.1) is 11.3 Å². The van der Waals surface area contributed by atoms with E-state index in [9.17, 15) is 0 Å². The maximum absolute atomic E-state index is 4.46. The first-order chi connectivity index (χ1) is 9.44. The van der Waals surface area contributed by atoms with E-state index in [0.717, 1.165) is 5.92 Å². The molecule has 112 valence electrons. The van der Waals surface area contributed by atoms with Gasteiger partial charge in [0.2, 0.25) is 0 Å². The van der Waals surface area contributed by atoms with Gasteiger partial charge in [-0.05, 0) is 49.9 Å². The molecule has 0 radical (unpaired) electrons. The molecular formula is C17H29N3. The minimum Gasteiger partial charge on any atom is -0.307 e. The molecule has 3 rings (SSSR count). The standard InChI is InChI=1S/C17H29N3/c1-12-8-13(10-17(2,3)9-12)19-15-6-5-7-16-14(15)11-18-20(16)4/h11-13,15,19H,5-10H2,1-4H3. The Morgan fingerprint density at radius 1 is 1.35 bits per heavy atom. The summed E-state index contributed by atoms with van der Waals surface area (Å²) in [4.78, 5) is 0. The Kier molecular flexibility index (Phi) is 3.65. The van der Waals surface area contributed by atoms with Gasteiger partial charge in [-0.2, -0.15) is 5.10 Å². The van der Waals surface area contributed by atoms with Crippen molar-refractivity contribution in [3.8, 4) is 0 Å². The quantitative estimate of drug-likeness (QED) is 0.893. The highest BCUT2D eigenvalue weighted by Gasteiger charge is 2.34. The van der Waals surface area contributed by atoms with Gasteiger partial charge in [-0.1, -0.05) is 20.8 Å². The maximum atomic E-state index is 4.46. The molecule has 1 heterocycles. The number of aryl methyl sites for hydroxylation is 1. The topological polar surface area (TPSA) is 29.9 Å². The molecule has 2 aliphatic rings. The Morgan fingerprint density at radius 3 is 2.90 bits per heavy atom. The Labute approximate surface area is 123 Å². The summed E-state index contributed by atoms with van der Waals surface area (Å²) in [6.45, 7) is 7.26. The van der Waals surface area contributed by atoms with Crippen LogP contribution in [0.4, 0.5) is 0 Å². The zero-order valence-corrected chi connectivity index (χ0v) is 13.4. The zero-order chi connectivity index (χ0) is 14.3. The first-order valence-corrected chi connectivity index (χ1v) is 8.21. The molecule has 20 heavy (non-hydrogen) atoms. The third-order valence-electron chi connectivity index (χ3n) is 5.20. The van der Waals surface area contributed by atoms with Gasteiger partial charge in [-0.25, -0.2) is 0 Å². The number of hydrogen-bond donors (Lipinski definition) is 1. The number of hydrogen-bond acceptors (Lipinski definition) is 2. The predicted molar refractivity (Wildman–Crippen MR) is 82.6 cm³/mol. The lowest BCUT2D eigenvalue weighted by Gasteiger charge is -2.41. The van der Waals surface area contributed by atoms with Crippen molar-refractivity contribution in [2.75, 3.05) is 0 Å². The van der Waals surface area contributed by atoms with Gasteiger partial charge in [0.15, 0.2) is 0 Å². The van der Waals surface area contributed by atoms with Crippen LogP contribution in [-0.2, 0) is 13.5 Å². The van der Waals surface area contributed by atoms with E-state index in [0.29, 0.717) is 17.5 Å². The van der Waals surface area contributed by atoms with Crippen molar-refractivity contribution in [3.05, 3.63) is 17.5 Å². The van der Waals surface area contributed by atoms with Crippen LogP contribution < -0.4 is 5.32 Å². The molecule has 0 saturated heterocycles. The fourth-order valence-electron chi connectivity index (χ4n) is 4.64. The SMILES string of the molecule is CC1CC(NC2CCCc3c2cnn3C)CC(C)(C)C1. The van der Waals surface area contributed by atoms with Crippen molar-refractivity contribution in [2.24, 2.45) is 18.4 Å². The van der Waals surface area contributed by atoms with Gasteiger partial charge in [0.25, 0.3) is 0 Å². The van der Waals surface area contributed by atoms with Crippen molar-refractivity contribution in [1.29, 1.82) is 0 Å². The van der Waals surface area contributed by atoms with Crippen LogP contribution >= 0.6 is 0 Å². The molecule has 2 aliphatic carbocycles. The first-order valence-electron chi connectivity index (χ1n) is 8.21. The van der Waals surface area contributed by atoms with Crippen LogP contribution in [0.5, 0.6) is 0 Å². The molecule has 0 aliphatic heterocycles. The van der Waals surface area contributed by atoms with Crippen LogP contribution in [0.2, 0.25) is 0 Å². The zero-order valence-electron chi connectivity index (χ0n) is 13.4. The Balaban J connectivity index is 1.72. The van der Waals surface area contributed by atoms with Crippen molar-refractivity contribution in [3.63, 3.8) is 0 Å². The molecule has 3 atom stereocenters. The summed E-state index contributed by atoms with van der Waals surface area (Å²) in [5.74, 6) is 0.841. The van der Waals surface area contributed by atoms with Crippen molar-refractivity contribution < 1.29 is 0 Å². The predicted octanol–water partition coefficient (Wildman–Crippen LogP) is 3.60. The van der Waals surface area contributed by atoms with Crippen molar-refractivity contribution in [1.82, 2.24) is 15.1 Å². The molecule has 1 N–H and O–H groups in total. The maximum Gasteiger partial charge on any atom is 0.0540 e. The van der Waals surface area contributed by atoms with E-state index in [1.807, 2.05) is 0 Å². The average Bonchev–Trinajstić information content (AvgIpc) is 2.70. The lowest BCUT2D eigenvalue weighted by atomic mass is 9.70. The molecular weight excluding hydrogens is 246 g/mol. The summed E-state index contributed by atoms with van der Waals surface area (Å²) in [5.41, 5.74) is 3.38. The molecule has 3 heteroatoms. The summed E-state index contributed by atoms with van der Waals surface area (Å²) in [5, 5.41) is 8.42. The van der Waals surface area contributed by atoms with Gasteiger partial charge in [0, 0.05) is 30.4 Å². The van der Waals surface area contributed by atoms with E-state index >= 15 is 0 Å². The van der Waals surface area contributed by atoms with Crippen molar-refractivity contribution in [2.45, 2.75) is 71.4 Å². The summed E-state index contributed by atoms with van der Waals surface area (Å²) in [6.07, 6.45) is 9.84. The van der Waals surface area contributed by atoms with Gasteiger partial charge in [-0.3, -0.25) is 4.68 Å². The second-order valence-electron chi connectivity index (χ2n) is 7.89. The summed E-state index contributed by atoms with van der Waals surface area (Å²) < 4.78 is 2.07. The van der Waals surface area contributed by atoms with E-state index in [2.05, 4.69) is 49.1 Å². The molecule has 0 spiro atoms. The normalized spacial score (nSPS) is 32.9. The van der Waals surface area contributed by atoms with Gasteiger partial charge in [-0.15, -0.1) is 0 Å². The van der Waals surface area contributed by atoms with Crippen molar-refractivity contribution >= 4 is 0 Å². The van der Waals surface area contributed by atoms with Gasteiger partial charge < -0.3 is 5.32 Å². The number of rotatable bonds is 2. The summed E-state index contributed by atoms with van der Waals surface area (Å²) in [6, 6.07) is 1.20. The lowest BCUT2D eigenvalue weighted by molar-refractivity contribution is 0.142. The van der Waals surface area contributed by atoms with E-state index in [1.54, 1.807) is 0 Å². The largest absolute Gasteiger partial charge is 0.307 e. The average molecular weight is 275 g/mol. The van der Waals surface area contributed by atoms with Gasteiger partial charge in [0.05, 0.1) is 6.20 Å². The monoisotopic (exact) mass is 275 g/mol. The number of nitrogens with zero attached hydrogens (tertiary/aromatic N) is 2. The summed E-state index contributed by atoms with van der Waals surface area (Å²) in [7, 11) is 2.08. The van der Waals surface area contributed by atoms with Crippen LogP contribution in [0.25, 0.3) is 0 Å². The van der Waals surface area contributed by atoms with E-state index < -0.39 is 0 Å². The second kappa shape index (κ2) is 5.18. The second-order valence-corrected chi connectivity index (χ2v) is 7.89. The number of fused-ring (bicyclic) bond motifs is 1. The van der Waals surface area contributed by atoms with Gasteiger partial charge in [0.1, 0.15) is 0 Å². The molecule has 3 nitrogen and oxygen atoms in total. The van der Waals surface area contributed by atoms with Crippen LogP contribution in [0.15, 0.2) is 6.20 Å². The Hall–Kier alpha value is -0.830. The Bertz CT molecular complexity index is 475.